The molecule has 2 aliphatic heterocycles. The monoisotopic (exact) mass is 914 g/mol. The van der Waals surface area contributed by atoms with Gasteiger partial charge in [0.05, 0.1) is 5.69 Å². The normalized spacial score (nSPS) is 15.5. The smallest absolute Gasteiger partial charge is 0.333 e. The van der Waals surface area contributed by atoms with Gasteiger partial charge in [-0.2, -0.15) is 0 Å². The van der Waals surface area contributed by atoms with Crippen molar-refractivity contribution in [3.05, 3.63) is 174 Å². The Bertz CT molecular complexity index is 3670. The molecule has 1 aliphatic carbocycles. The van der Waals surface area contributed by atoms with Crippen molar-refractivity contribution in [3.63, 3.8) is 0 Å². The molecule has 3 aliphatic rings. The molecule has 0 amide bonds. The van der Waals surface area contributed by atoms with E-state index in [1.54, 1.807) is 0 Å². The summed E-state index contributed by atoms with van der Waals surface area (Å²) in [4.78, 5) is 5.28. The highest BCUT2D eigenvalue weighted by Gasteiger charge is 2.47. The molecule has 8 aromatic carbocycles. The van der Waals surface area contributed by atoms with Gasteiger partial charge in [0.25, 0.3) is 0 Å². The molecule has 0 atom stereocenters. The molecule has 3 nitrogen and oxygen atoms in total. The Morgan fingerprint density at radius 2 is 1.22 bits per heavy atom. The van der Waals surface area contributed by atoms with Gasteiger partial charge in [0.15, 0.2) is 0 Å². The highest BCUT2D eigenvalue weighted by atomic mass is 32.1. The van der Waals surface area contributed by atoms with Crippen LogP contribution in [-0.2, 0) is 23.7 Å². The molecule has 2 aromatic heterocycles. The van der Waals surface area contributed by atoms with Gasteiger partial charge < -0.3 is 14.1 Å². The number of fused-ring (bicyclic) bond motifs is 12. The van der Waals surface area contributed by atoms with Gasteiger partial charge in [-0.25, -0.2) is 0 Å². The van der Waals surface area contributed by atoms with Crippen molar-refractivity contribution < 1.29 is 4.42 Å². The first kappa shape index (κ1) is 42.5. The lowest BCUT2D eigenvalue weighted by Crippen LogP contribution is -2.61. The topological polar surface area (TPSA) is 19.6 Å². The second-order valence-electron chi connectivity index (χ2n) is 21.5. The molecular formula is C64H59BN2OS. The molecule has 13 rings (SSSR count). The molecule has 0 bridgehead atoms. The van der Waals surface area contributed by atoms with Gasteiger partial charge in [0, 0.05) is 70.4 Å². The molecule has 0 radical (unpaired) electrons. The summed E-state index contributed by atoms with van der Waals surface area (Å²) in [6.45, 7) is 14.2. The van der Waals surface area contributed by atoms with Crippen LogP contribution in [-0.4, -0.2) is 6.85 Å². The highest BCUT2D eigenvalue weighted by molar-refractivity contribution is 7.25. The number of thiophene rings is 1. The van der Waals surface area contributed by atoms with Crippen LogP contribution in [0.15, 0.2) is 156 Å². The number of furan rings is 1. The van der Waals surface area contributed by atoms with Gasteiger partial charge in [-0.3, -0.25) is 0 Å². The summed E-state index contributed by atoms with van der Waals surface area (Å²) in [7, 11) is 0. The minimum Gasteiger partial charge on any atom is -0.455 e. The van der Waals surface area contributed by atoms with E-state index < -0.39 is 0 Å². The Morgan fingerprint density at radius 1 is 0.551 bits per heavy atom. The third-order valence-corrected chi connectivity index (χ3v) is 17.4. The number of hydrogen-bond donors (Lipinski definition) is 0. The lowest BCUT2D eigenvalue weighted by Gasteiger charge is -2.46. The molecule has 10 aromatic rings. The Labute approximate surface area is 411 Å². The molecule has 69 heavy (non-hydrogen) atoms. The summed E-state index contributed by atoms with van der Waals surface area (Å²) in [6.07, 6.45) is 9.24. The largest absolute Gasteiger partial charge is 0.455 e. The molecule has 0 saturated carbocycles. The summed E-state index contributed by atoms with van der Waals surface area (Å²) in [5, 5.41) is 4.99. The van der Waals surface area contributed by atoms with Crippen molar-refractivity contribution in [1.82, 2.24) is 0 Å². The average Bonchev–Trinajstić information content (AvgIpc) is 3.93. The molecule has 4 heterocycles. The Kier molecular flexibility index (Phi) is 9.87. The van der Waals surface area contributed by atoms with E-state index in [0.29, 0.717) is 0 Å². The van der Waals surface area contributed by atoms with E-state index in [-0.39, 0.29) is 17.7 Å². The number of unbranched alkanes of at least 4 members (excludes halogenated alkanes) is 2. The van der Waals surface area contributed by atoms with Gasteiger partial charge in [-0.05, 0) is 155 Å². The number of anilines is 5. The van der Waals surface area contributed by atoms with Crippen LogP contribution in [0.2, 0.25) is 0 Å². The summed E-state index contributed by atoms with van der Waals surface area (Å²) in [5.41, 5.74) is 21.4. The molecule has 0 unspecified atom stereocenters. The van der Waals surface area contributed by atoms with Crippen LogP contribution in [0.3, 0.4) is 0 Å². The Morgan fingerprint density at radius 3 is 2.00 bits per heavy atom. The molecule has 340 valence electrons. The van der Waals surface area contributed by atoms with Crippen molar-refractivity contribution in [2.75, 3.05) is 9.71 Å². The maximum Gasteiger partial charge on any atom is 0.333 e. The van der Waals surface area contributed by atoms with Crippen LogP contribution >= 0.6 is 11.3 Å². The number of hydrogen-bond acceptors (Lipinski definition) is 4. The number of aryl methyl sites for hydroxylation is 2. The van der Waals surface area contributed by atoms with Gasteiger partial charge in [0.1, 0.15) is 11.2 Å². The summed E-state index contributed by atoms with van der Waals surface area (Å²) in [6, 6.07) is 58.4. The fourth-order valence-corrected chi connectivity index (χ4v) is 13.5. The molecule has 0 fully saturated rings. The predicted octanol–water partition coefficient (Wildman–Crippen LogP) is 17.4. The van der Waals surface area contributed by atoms with E-state index in [1.165, 1.54) is 143 Å². The molecule has 0 N–H and O–H groups in total. The fraction of sp³-hybridized carbons (Fsp3) is 0.250. The fourth-order valence-electron chi connectivity index (χ4n) is 12.4. The highest BCUT2D eigenvalue weighted by Crippen LogP contribution is 2.55. The van der Waals surface area contributed by atoms with Crippen LogP contribution in [0.5, 0.6) is 0 Å². The number of rotatable bonds is 9. The third kappa shape index (κ3) is 6.60. The van der Waals surface area contributed by atoms with Crippen LogP contribution in [0.4, 0.5) is 28.4 Å². The maximum absolute atomic E-state index is 7.22. The lowest BCUT2D eigenvalue weighted by molar-refractivity contribution is 0.332. The van der Waals surface area contributed by atoms with Crippen LogP contribution in [0.25, 0.3) is 64.4 Å². The lowest BCUT2D eigenvalue weighted by atomic mass is 9.43. The standard InChI is InChI=1S/C64H59BN2OS/c1-7-9-18-40-26-29-43(30-27-40)67-55-39-59-46(47-36-50-51(38-58(47)69-59)64(5,6)33-32-63(50,3)4)35-49(55)60-61-56(37-48-44-22-14-17-25-57(44)68-62(48)60)66(54-24-16-15-23-52(54)65(61)67)53-31-28-41(19-10-8-2)34-45(53)42-20-12-11-13-21-42/h11-17,20-31,34-39H,7-10,18-19,32-33H2,1-6H3. The van der Waals surface area contributed by atoms with Crippen molar-refractivity contribution in [2.45, 2.75) is 104 Å². The zero-order chi connectivity index (χ0) is 46.8. The summed E-state index contributed by atoms with van der Waals surface area (Å²) in [5.74, 6) is 0. The second kappa shape index (κ2) is 16.0. The molecule has 5 heteroatoms. The van der Waals surface area contributed by atoms with E-state index in [9.17, 15) is 0 Å². The number of nitrogens with zero attached hydrogens (tertiary/aromatic N) is 2. The minimum atomic E-state index is -0.126. The van der Waals surface area contributed by atoms with Crippen molar-refractivity contribution >= 4 is 99.7 Å². The zero-order valence-electron chi connectivity index (χ0n) is 40.9. The van der Waals surface area contributed by atoms with Crippen molar-refractivity contribution in [1.29, 1.82) is 0 Å². The van der Waals surface area contributed by atoms with Gasteiger partial charge >= 0.3 is 6.85 Å². The second-order valence-corrected chi connectivity index (χ2v) is 22.6. The quantitative estimate of drug-likeness (QED) is 0.135. The third-order valence-electron chi connectivity index (χ3n) is 16.3. The van der Waals surface area contributed by atoms with E-state index in [4.69, 9.17) is 4.42 Å². The van der Waals surface area contributed by atoms with Gasteiger partial charge in [-0.1, -0.05) is 139 Å². The predicted molar refractivity (Wildman–Crippen MR) is 298 cm³/mol. The van der Waals surface area contributed by atoms with Crippen molar-refractivity contribution in [2.24, 2.45) is 0 Å². The van der Waals surface area contributed by atoms with E-state index in [1.807, 2.05) is 11.3 Å². The molecule has 0 spiro atoms. The number of benzene rings is 8. The maximum atomic E-state index is 7.22. The Balaban J connectivity index is 1.16. The first-order valence-corrected chi connectivity index (χ1v) is 26.4. The first-order chi connectivity index (χ1) is 33.6. The Hall–Kier alpha value is -6.56. The zero-order valence-corrected chi connectivity index (χ0v) is 41.7. The van der Waals surface area contributed by atoms with Gasteiger partial charge in [0.2, 0.25) is 0 Å². The SMILES string of the molecule is CCCCc1ccc(N2B3c4ccccc4N(c4ccc(CCCC)cc4-c4ccccc4)c4cc5c(oc6ccccc65)c(c43)-c3cc4c(cc32)sc2cc3c(cc24)C(C)(C)CCC3(C)C)cc1. The van der Waals surface area contributed by atoms with E-state index in [2.05, 4.69) is 203 Å². The van der Waals surface area contributed by atoms with Crippen LogP contribution < -0.4 is 20.6 Å². The molecular weight excluding hydrogens is 856 g/mol. The first-order valence-electron chi connectivity index (χ1n) is 25.6. The minimum absolute atomic E-state index is 0.109. The van der Waals surface area contributed by atoms with Crippen molar-refractivity contribution in [3.8, 4) is 22.3 Å². The van der Waals surface area contributed by atoms with Crippen LogP contribution in [0, 0.1) is 0 Å². The summed E-state index contributed by atoms with van der Waals surface area (Å²) < 4.78 is 9.92. The molecule has 0 saturated heterocycles. The number of para-hydroxylation sites is 2. The van der Waals surface area contributed by atoms with Gasteiger partial charge in [-0.15, -0.1) is 11.3 Å². The van der Waals surface area contributed by atoms with E-state index >= 15 is 0 Å². The summed E-state index contributed by atoms with van der Waals surface area (Å²) >= 11 is 1.96. The van der Waals surface area contributed by atoms with Crippen LogP contribution in [0.1, 0.15) is 102 Å². The average molecular weight is 915 g/mol. The van der Waals surface area contributed by atoms with E-state index in [0.717, 1.165) is 34.8 Å².